The van der Waals surface area contributed by atoms with Gasteiger partial charge in [0.2, 0.25) is 0 Å². The van der Waals surface area contributed by atoms with Crippen LogP contribution in [0.1, 0.15) is 19.8 Å². The van der Waals surface area contributed by atoms with Crippen molar-refractivity contribution in [2.45, 2.75) is 25.4 Å². The minimum Gasteiger partial charge on any atom is -0.465 e. The van der Waals surface area contributed by atoms with Crippen LogP contribution in [-0.2, 0) is 9.53 Å². The fourth-order valence-corrected chi connectivity index (χ4v) is 2.58. The van der Waals surface area contributed by atoms with Gasteiger partial charge in [-0.25, -0.2) is 0 Å². The number of thioether (sulfide) groups is 1. The van der Waals surface area contributed by atoms with Crippen LogP contribution in [0.4, 0.5) is 0 Å². The minimum atomic E-state index is -0.595. The lowest BCUT2D eigenvalue weighted by Crippen LogP contribution is -2.43. The molecule has 0 amide bonds. The quantitative estimate of drug-likeness (QED) is 0.673. The Hall–Kier alpha value is -0.260. The van der Waals surface area contributed by atoms with Crippen molar-refractivity contribution >= 4 is 17.7 Å². The Morgan fingerprint density at radius 2 is 2.20 bits per heavy atom. The molecule has 0 bridgehead atoms. The zero-order valence-electron chi connectivity index (χ0n) is 9.12. The van der Waals surface area contributed by atoms with Crippen LogP contribution >= 0.6 is 11.8 Å². The summed E-state index contributed by atoms with van der Waals surface area (Å²) in [6.07, 6.45) is 1.53. The second-order valence-electron chi connectivity index (χ2n) is 3.77. The van der Waals surface area contributed by atoms with Gasteiger partial charge < -0.3 is 15.2 Å². The molecule has 0 spiro atoms. The molecule has 1 heterocycles. The Balaban J connectivity index is 2.15. The minimum absolute atomic E-state index is 0.194. The van der Waals surface area contributed by atoms with Crippen molar-refractivity contribution in [3.8, 4) is 0 Å². The molecule has 4 nitrogen and oxygen atoms in total. The van der Waals surface area contributed by atoms with E-state index in [1.807, 2.05) is 0 Å². The van der Waals surface area contributed by atoms with Gasteiger partial charge in [-0.1, -0.05) is 0 Å². The summed E-state index contributed by atoms with van der Waals surface area (Å²) >= 11 is 1.45. The maximum absolute atomic E-state index is 11.1. The molecule has 0 saturated carbocycles. The molecular weight excluding hydrogens is 214 g/mol. The summed E-state index contributed by atoms with van der Waals surface area (Å²) in [7, 11) is 0. The van der Waals surface area contributed by atoms with E-state index in [-0.39, 0.29) is 5.97 Å². The van der Waals surface area contributed by atoms with Crippen molar-refractivity contribution in [3.63, 3.8) is 0 Å². The molecule has 0 aromatic heterocycles. The summed E-state index contributed by atoms with van der Waals surface area (Å²) in [5.41, 5.74) is -0.595. The van der Waals surface area contributed by atoms with Gasteiger partial charge in [-0.05, 0) is 32.9 Å². The summed E-state index contributed by atoms with van der Waals surface area (Å²) < 4.78 is 4.81. The highest BCUT2D eigenvalue weighted by Crippen LogP contribution is 2.23. The van der Waals surface area contributed by atoms with Gasteiger partial charge in [0.1, 0.15) is 0 Å². The SMILES string of the molecule is CCOC(=O)CSCC1(O)CCNCC1. The fraction of sp³-hybridized carbons (Fsp3) is 0.900. The number of nitrogens with one attached hydrogen (secondary N) is 1. The second-order valence-corrected chi connectivity index (χ2v) is 4.76. The molecule has 1 saturated heterocycles. The standard InChI is InChI=1S/C10H19NO3S/c1-2-14-9(12)7-15-8-10(13)3-5-11-6-4-10/h11,13H,2-8H2,1H3. The van der Waals surface area contributed by atoms with Crippen LogP contribution in [0.25, 0.3) is 0 Å². The van der Waals surface area contributed by atoms with Gasteiger partial charge in [0.15, 0.2) is 0 Å². The van der Waals surface area contributed by atoms with Gasteiger partial charge in [-0.3, -0.25) is 4.79 Å². The highest BCUT2D eigenvalue weighted by Gasteiger charge is 2.28. The molecule has 0 aliphatic carbocycles. The maximum atomic E-state index is 11.1. The average Bonchev–Trinajstić information content (AvgIpc) is 2.19. The summed E-state index contributed by atoms with van der Waals surface area (Å²) in [5, 5.41) is 13.3. The van der Waals surface area contributed by atoms with Gasteiger partial charge in [-0.2, -0.15) is 0 Å². The third kappa shape index (κ3) is 4.86. The zero-order valence-corrected chi connectivity index (χ0v) is 9.94. The third-order valence-corrected chi connectivity index (χ3v) is 3.61. The van der Waals surface area contributed by atoms with E-state index in [2.05, 4.69) is 5.32 Å². The fourth-order valence-electron chi connectivity index (χ4n) is 1.56. The molecule has 0 aromatic rings. The lowest BCUT2D eigenvalue weighted by atomic mass is 9.95. The van der Waals surface area contributed by atoms with Crippen molar-refractivity contribution in [2.75, 3.05) is 31.2 Å². The van der Waals surface area contributed by atoms with Crippen LogP contribution in [0, 0.1) is 0 Å². The lowest BCUT2D eigenvalue weighted by molar-refractivity contribution is -0.139. The van der Waals surface area contributed by atoms with E-state index in [9.17, 15) is 9.90 Å². The van der Waals surface area contributed by atoms with E-state index >= 15 is 0 Å². The highest BCUT2D eigenvalue weighted by atomic mass is 32.2. The molecule has 15 heavy (non-hydrogen) atoms. The molecule has 88 valence electrons. The predicted molar refractivity (Wildman–Crippen MR) is 61.0 cm³/mol. The van der Waals surface area contributed by atoms with Gasteiger partial charge in [0.25, 0.3) is 0 Å². The lowest BCUT2D eigenvalue weighted by Gasteiger charge is -2.32. The first-order valence-electron chi connectivity index (χ1n) is 5.33. The first-order chi connectivity index (χ1) is 7.16. The molecule has 1 aliphatic rings. The maximum Gasteiger partial charge on any atom is 0.315 e. The molecule has 0 aromatic carbocycles. The average molecular weight is 233 g/mol. The number of hydrogen-bond acceptors (Lipinski definition) is 5. The van der Waals surface area contributed by atoms with Crippen molar-refractivity contribution in [2.24, 2.45) is 0 Å². The summed E-state index contributed by atoms with van der Waals surface area (Å²) in [4.78, 5) is 11.1. The molecular formula is C10H19NO3S. The van der Waals surface area contributed by atoms with Gasteiger partial charge in [0.05, 0.1) is 18.0 Å². The molecule has 1 aliphatic heterocycles. The summed E-state index contributed by atoms with van der Waals surface area (Å²) in [6.45, 7) is 3.93. The Morgan fingerprint density at radius 3 is 2.80 bits per heavy atom. The highest BCUT2D eigenvalue weighted by molar-refractivity contribution is 8.00. The van der Waals surface area contributed by atoms with Crippen molar-refractivity contribution in [1.29, 1.82) is 0 Å². The number of rotatable bonds is 5. The number of esters is 1. The monoisotopic (exact) mass is 233 g/mol. The molecule has 0 atom stereocenters. The van der Waals surface area contributed by atoms with E-state index < -0.39 is 5.60 Å². The molecule has 0 unspecified atom stereocenters. The third-order valence-electron chi connectivity index (χ3n) is 2.43. The van der Waals surface area contributed by atoms with Crippen molar-refractivity contribution in [3.05, 3.63) is 0 Å². The number of aliphatic hydroxyl groups is 1. The Labute approximate surface area is 94.8 Å². The predicted octanol–water partition coefficient (Wildman–Crippen LogP) is 0.397. The number of hydrogen-bond donors (Lipinski definition) is 2. The zero-order chi connectivity index (χ0) is 11.1. The van der Waals surface area contributed by atoms with Crippen LogP contribution in [0.5, 0.6) is 0 Å². The van der Waals surface area contributed by atoms with E-state index in [1.54, 1.807) is 6.92 Å². The number of ether oxygens (including phenoxy) is 1. The van der Waals surface area contributed by atoms with E-state index in [4.69, 9.17) is 4.74 Å². The molecule has 0 radical (unpaired) electrons. The van der Waals surface area contributed by atoms with Gasteiger partial charge in [0, 0.05) is 5.75 Å². The number of carbonyl (C=O) groups is 1. The first-order valence-corrected chi connectivity index (χ1v) is 6.48. The van der Waals surface area contributed by atoms with Crippen LogP contribution in [0.15, 0.2) is 0 Å². The largest absolute Gasteiger partial charge is 0.465 e. The van der Waals surface area contributed by atoms with Crippen LogP contribution in [-0.4, -0.2) is 47.9 Å². The molecule has 2 N–H and O–H groups in total. The van der Waals surface area contributed by atoms with Crippen molar-refractivity contribution < 1.29 is 14.6 Å². The van der Waals surface area contributed by atoms with Crippen LogP contribution in [0.3, 0.4) is 0 Å². The van der Waals surface area contributed by atoms with Crippen molar-refractivity contribution in [1.82, 2.24) is 5.32 Å². The van der Waals surface area contributed by atoms with E-state index in [0.717, 1.165) is 25.9 Å². The van der Waals surface area contributed by atoms with E-state index in [1.165, 1.54) is 11.8 Å². The Morgan fingerprint density at radius 1 is 1.53 bits per heavy atom. The summed E-state index contributed by atoms with van der Waals surface area (Å²) in [5.74, 6) is 0.761. The second kappa shape index (κ2) is 6.35. The first kappa shape index (κ1) is 12.8. The van der Waals surface area contributed by atoms with Crippen LogP contribution < -0.4 is 5.32 Å². The Kier molecular flexibility index (Phi) is 5.42. The number of piperidine rings is 1. The smallest absolute Gasteiger partial charge is 0.315 e. The number of carbonyl (C=O) groups excluding carboxylic acids is 1. The molecule has 1 rings (SSSR count). The van der Waals surface area contributed by atoms with E-state index in [0.29, 0.717) is 18.1 Å². The Bertz CT molecular complexity index is 205. The molecule has 5 heteroatoms. The summed E-state index contributed by atoms with van der Waals surface area (Å²) in [6, 6.07) is 0. The normalized spacial score (nSPS) is 19.9. The van der Waals surface area contributed by atoms with Gasteiger partial charge in [-0.15, -0.1) is 11.8 Å². The molecule has 1 fully saturated rings. The topological polar surface area (TPSA) is 58.6 Å². The van der Waals surface area contributed by atoms with Crippen LogP contribution in [0.2, 0.25) is 0 Å². The van der Waals surface area contributed by atoms with Gasteiger partial charge >= 0.3 is 5.97 Å².